The standard InChI is InChI=1S/C23H28N4O3S/c1-15-19-22(25-14-26(2)23(19)29)31-20(15)21(28)24-13-18(27-11-5-4-6-12-27)16-7-9-17(30-3)10-8-16/h7-10,14,18H,4-6,11-13H2,1-3H3,(H,24,28). The molecule has 4 rings (SSSR count). The van der Waals surface area contributed by atoms with Gasteiger partial charge in [-0.15, -0.1) is 11.3 Å². The number of thiophene rings is 1. The van der Waals surface area contributed by atoms with Crippen molar-refractivity contribution in [1.29, 1.82) is 0 Å². The summed E-state index contributed by atoms with van der Waals surface area (Å²) in [6.07, 6.45) is 5.09. The van der Waals surface area contributed by atoms with Crippen molar-refractivity contribution < 1.29 is 9.53 Å². The highest BCUT2D eigenvalue weighted by atomic mass is 32.1. The van der Waals surface area contributed by atoms with E-state index in [-0.39, 0.29) is 17.5 Å². The average molecular weight is 441 g/mol. The Bertz CT molecular complexity index is 1130. The molecule has 7 nitrogen and oxygen atoms in total. The van der Waals surface area contributed by atoms with E-state index in [2.05, 4.69) is 27.3 Å². The molecule has 31 heavy (non-hydrogen) atoms. The smallest absolute Gasteiger partial charge is 0.262 e. The van der Waals surface area contributed by atoms with Gasteiger partial charge in [-0.25, -0.2) is 4.98 Å². The van der Waals surface area contributed by atoms with Crippen LogP contribution in [0.2, 0.25) is 0 Å². The average Bonchev–Trinajstić information content (AvgIpc) is 3.14. The summed E-state index contributed by atoms with van der Waals surface area (Å²) in [7, 11) is 3.33. The van der Waals surface area contributed by atoms with Gasteiger partial charge in [-0.2, -0.15) is 0 Å². The Balaban J connectivity index is 1.57. The van der Waals surface area contributed by atoms with E-state index in [9.17, 15) is 9.59 Å². The largest absolute Gasteiger partial charge is 0.497 e. The summed E-state index contributed by atoms with van der Waals surface area (Å²) < 4.78 is 6.74. The highest BCUT2D eigenvalue weighted by Crippen LogP contribution is 2.28. The lowest BCUT2D eigenvalue weighted by Gasteiger charge is -2.35. The van der Waals surface area contributed by atoms with E-state index in [1.54, 1.807) is 14.2 Å². The first kappa shape index (κ1) is 21.5. The molecule has 1 aliphatic rings. The summed E-state index contributed by atoms with van der Waals surface area (Å²) >= 11 is 1.28. The molecule has 2 aromatic heterocycles. The van der Waals surface area contributed by atoms with Gasteiger partial charge in [-0.05, 0) is 56.1 Å². The monoisotopic (exact) mass is 440 g/mol. The van der Waals surface area contributed by atoms with Gasteiger partial charge >= 0.3 is 0 Å². The van der Waals surface area contributed by atoms with E-state index >= 15 is 0 Å². The molecule has 0 aliphatic carbocycles. The van der Waals surface area contributed by atoms with Crippen molar-refractivity contribution in [1.82, 2.24) is 19.8 Å². The van der Waals surface area contributed by atoms with E-state index in [0.717, 1.165) is 24.4 Å². The second-order valence-corrected chi connectivity index (χ2v) is 8.99. The number of hydrogen-bond acceptors (Lipinski definition) is 6. The van der Waals surface area contributed by atoms with Gasteiger partial charge in [0.2, 0.25) is 0 Å². The normalized spacial score (nSPS) is 15.7. The van der Waals surface area contributed by atoms with Crippen LogP contribution in [0.5, 0.6) is 5.75 Å². The highest BCUT2D eigenvalue weighted by molar-refractivity contribution is 7.20. The van der Waals surface area contributed by atoms with E-state index in [1.807, 2.05) is 19.1 Å². The van der Waals surface area contributed by atoms with Crippen molar-refractivity contribution >= 4 is 27.5 Å². The third-order valence-corrected chi connectivity index (χ3v) is 7.20. The number of carbonyl (C=O) groups excluding carboxylic acids is 1. The van der Waals surface area contributed by atoms with Crippen LogP contribution in [0.1, 0.15) is 46.1 Å². The molecule has 1 fully saturated rings. The van der Waals surface area contributed by atoms with Crippen LogP contribution in [0.15, 0.2) is 35.4 Å². The molecular formula is C23H28N4O3S. The molecular weight excluding hydrogens is 412 g/mol. The predicted octanol–water partition coefficient (Wildman–Crippen LogP) is 3.27. The van der Waals surface area contributed by atoms with Gasteiger partial charge in [0.1, 0.15) is 10.6 Å². The maximum Gasteiger partial charge on any atom is 0.262 e. The summed E-state index contributed by atoms with van der Waals surface area (Å²) in [5, 5.41) is 3.65. The summed E-state index contributed by atoms with van der Waals surface area (Å²) in [5.41, 5.74) is 1.74. The van der Waals surface area contributed by atoms with Gasteiger partial charge in [-0.1, -0.05) is 18.6 Å². The van der Waals surface area contributed by atoms with E-state index in [0.29, 0.717) is 27.2 Å². The number of benzene rings is 1. The topological polar surface area (TPSA) is 76.5 Å². The number of nitrogens with zero attached hydrogens (tertiary/aromatic N) is 3. The van der Waals surface area contributed by atoms with Crippen LogP contribution in [0.3, 0.4) is 0 Å². The fourth-order valence-electron chi connectivity index (χ4n) is 4.21. The quantitative estimate of drug-likeness (QED) is 0.637. The molecule has 1 saturated heterocycles. The first-order valence-corrected chi connectivity index (χ1v) is 11.4. The number of piperidine rings is 1. The van der Waals surface area contributed by atoms with Crippen LogP contribution in [0.4, 0.5) is 0 Å². The van der Waals surface area contributed by atoms with Crippen LogP contribution >= 0.6 is 11.3 Å². The maximum atomic E-state index is 13.1. The number of fused-ring (bicyclic) bond motifs is 1. The molecule has 1 aromatic carbocycles. The summed E-state index contributed by atoms with van der Waals surface area (Å²) in [6, 6.07) is 8.17. The van der Waals surface area contributed by atoms with Gasteiger partial charge in [0.25, 0.3) is 11.5 Å². The Morgan fingerprint density at radius 1 is 1.23 bits per heavy atom. The molecule has 8 heteroatoms. The second-order valence-electron chi connectivity index (χ2n) is 7.99. The highest BCUT2D eigenvalue weighted by Gasteiger charge is 2.25. The lowest BCUT2D eigenvalue weighted by molar-refractivity contribution is 0.0928. The van der Waals surface area contributed by atoms with Gasteiger partial charge in [0.05, 0.1) is 29.7 Å². The molecule has 1 N–H and O–H groups in total. The number of aryl methyl sites for hydroxylation is 2. The molecule has 164 valence electrons. The van der Waals surface area contributed by atoms with Crippen LogP contribution in [0.25, 0.3) is 10.2 Å². The summed E-state index contributed by atoms with van der Waals surface area (Å²) in [6.45, 7) is 4.37. The lowest BCUT2D eigenvalue weighted by Crippen LogP contribution is -2.40. The van der Waals surface area contributed by atoms with Gasteiger partial charge < -0.3 is 14.6 Å². The minimum Gasteiger partial charge on any atom is -0.497 e. The molecule has 1 aliphatic heterocycles. The zero-order chi connectivity index (χ0) is 22.0. The van der Waals surface area contributed by atoms with E-state index in [4.69, 9.17) is 4.74 Å². The molecule has 3 heterocycles. The van der Waals surface area contributed by atoms with Crippen molar-refractivity contribution in [2.24, 2.45) is 7.05 Å². The van der Waals surface area contributed by atoms with Crippen molar-refractivity contribution in [3.05, 3.63) is 57.0 Å². The van der Waals surface area contributed by atoms with Crippen LogP contribution in [-0.2, 0) is 7.05 Å². The third-order valence-electron chi connectivity index (χ3n) is 6.00. The molecule has 0 saturated carbocycles. The predicted molar refractivity (Wildman–Crippen MR) is 123 cm³/mol. The maximum absolute atomic E-state index is 13.1. The van der Waals surface area contributed by atoms with Gasteiger partial charge in [0.15, 0.2) is 0 Å². The Kier molecular flexibility index (Phi) is 6.38. The lowest BCUT2D eigenvalue weighted by atomic mass is 10.0. The number of likely N-dealkylation sites (tertiary alicyclic amines) is 1. The fourth-order valence-corrected chi connectivity index (χ4v) is 5.26. The summed E-state index contributed by atoms with van der Waals surface area (Å²) in [4.78, 5) is 33.5. The van der Waals surface area contributed by atoms with E-state index in [1.165, 1.54) is 41.5 Å². The Morgan fingerprint density at radius 3 is 2.61 bits per heavy atom. The second kappa shape index (κ2) is 9.20. The SMILES string of the molecule is COc1ccc(C(CNC(=O)c2sc3ncn(C)c(=O)c3c2C)N2CCCCC2)cc1. The number of rotatable bonds is 6. The molecule has 1 atom stereocenters. The third kappa shape index (κ3) is 4.36. The molecule has 1 unspecified atom stereocenters. The zero-order valence-corrected chi connectivity index (χ0v) is 19.0. The molecule has 0 radical (unpaired) electrons. The van der Waals surface area contributed by atoms with Gasteiger partial charge in [-0.3, -0.25) is 14.5 Å². The number of methoxy groups -OCH3 is 1. The number of nitrogens with one attached hydrogen (secondary N) is 1. The summed E-state index contributed by atoms with van der Waals surface area (Å²) in [5.74, 6) is 0.665. The number of amides is 1. The van der Waals surface area contributed by atoms with Gasteiger partial charge in [0, 0.05) is 13.6 Å². The van der Waals surface area contributed by atoms with Crippen molar-refractivity contribution in [3.63, 3.8) is 0 Å². The van der Waals surface area contributed by atoms with Crippen molar-refractivity contribution in [2.45, 2.75) is 32.2 Å². The molecule has 0 spiro atoms. The molecule has 0 bridgehead atoms. The van der Waals surface area contributed by atoms with Crippen molar-refractivity contribution in [2.75, 3.05) is 26.7 Å². The van der Waals surface area contributed by atoms with Crippen LogP contribution in [-0.4, -0.2) is 47.1 Å². The van der Waals surface area contributed by atoms with E-state index < -0.39 is 0 Å². The van der Waals surface area contributed by atoms with Crippen LogP contribution < -0.4 is 15.6 Å². The zero-order valence-electron chi connectivity index (χ0n) is 18.2. The Hall–Kier alpha value is -2.71. The Labute approximate surface area is 185 Å². The number of hydrogen-bond donors (Lipinski definition) is 1. The number of carbonyl (C=O) groups is 1. The Morgan fingerprint density at radius 2 is 1.94 bits per heavy atom. The first-order valence-electron chi connectivity index (χ1n) is 10.6. The number of aromatic nitrogens is 2. The molecule has 1 amide bonds. The fraction of sp³-hybridized carbons (Fsp3) is 0.435. The van der Waals surface area contributed by atoms with Crippen LogP contribution in [0, 0.1) is 6.92 Å². The number of ether oxygens (including phenoxy) is 1. The molecule has 3 aromatic rings. The minimum absolute atomic E-state index is 0.0934. The minimum atomic E-state index is -0.155. The van der Waals surface area contributed by atoms with Crippen molar-refractivity contribution in [3.8, 4) is 5.75 Å². The first-order chi connectivity index (χ1) is 15.0.